The van der Waals surface area contributed by atoms with Crippen molar-refractivity contribution in [2.45, 2.75) is 12.5 Å². The fraction of sp³-hybridized carbons (Fsp3) is 0.200. The Bertz CT molecular complexity index is 1310. The SMILES string of the molecule is CN1C=Cc2cc(-c3nccnc3C3CN(c4ncc5ccccc5n4)C3)ccc2C1. The summed E-state index contributed by atoms with van der Waals surface area (Å²) in [6, 6.07) is 14.7. The maximum Gasteiger partial charge on any atom is 0.225 e. The second kappa shape index (κ2) is 7.16. The molecule has 0 N–H and O–H groups in total. The van der Waals surface area contributed by atoms with E-state index in [0.29, 0.717) is 5.92 Å². The lowest BCUT2D eigenvalue weighted by Crippen LogP contribution is -2.46. The number of para-hydroxylation sites is 1. The van der Waals surface area contributed by atoms with E-state index in [4.69, 9.17) is 15.0 Å². The Balaban J connectivity index is 1.26. The smallest absolute Gasteiger partial charge is 0.225 e. The standard InChI is InChI=1S/C25H22N6/c1-30-11-8-17-12-18(6-7-20(17)14-30)23-24(27-10-9-26-23)21-15-31(16-21)25-28-13-19-4-2-3-5-22(19)29-25/h2-13,21H,14-16H2,1H3. The van der Waals surface area contributed by atoms with Crippen molar-refractivity contribution < 1.29 is 0 Å². The molecule has 4 aromatic rings. The van der Waals surface area contributed by atoms with Gasteiger partial charge < -0.3 is 9.80 Å². The molecule has 0 aliphatic carbocycles. The third-order valence-corrected chi connectivity index (χ3v) is 6.10. The molecular formula is C25H22N6. The van der Waals surface area contributed by atoms with Gasteiger partial charge in [0.15, 0.2) is 0 Å². The number of fused-ring (bicyclic) bond motifs is 2. The van der Waals surface area contributed by atoms with Gasteiger partial charge in [0.2, 0.25) is 5.95 Å². The average Bonchev–Trinajstić information content (AvgIpc) is 2.78. The molecule has 0 atom stereocenters. The summed E-state index contributed by atoms with van der Waals surface area (Å²) in [6.45, 7) is 2.63. The van der Waals surface area contributed by atoms with Crippen LogP contribution < -0.4 is 4.90 Å². The van der Waals surface area contributed by atoms with Crippen LogP contribution in [0.3, 0.4) is 0 Å². The minimum atomic E-state index is 0.316. The van der Waals surface area contributed by atoms with Crippen molar-refractivity contribution >= 4 is 22.9 Å². The highest BCUT2D eigenvalue weighted by Crippen LogP contribution is 2.35. The zero-order valence-electron chi connectivity index (χ0n) is 17.3. The molecule has 2 aromatic heterocycles. The zero-order valence-corrected chi connectivity index (χ0v) is 17.3. The molecule has 31 heavy (non-hydrogen) atoms. The van der Waals surface area contributed by atoms with Gasteiger partial charge in [0.1, 0.15) is 0 Å². The number of anilines is 1. The van der Waals surface area contributed by atoms with Crippen LogP contribution in [0.15, 0.2) is 67.3 Å². The van der Waals surface area contributed by atoms with Gasteiger partial charge in [-0.25, -0.2) is 9.97 Å². The van der Waals surface area contributed by atoms with E-state index in [-0.39, 0.29) is 0 Å². The maximum absolute atomic E-state index is 4.73. The van der Waals surface area contributed by atoms with Crippen molar-refractivity contribution in [3.8, 4) is 11.3 Å². The van der Waals surface area contributed by atoms with Crippen molar-refractivity contribution in [2.24, 2.45) is 0 Å². The summed E-state index contributed by atoms with van der Waals surface area (Å²) in [4.78, 5) is 23.1. The third kappa shape index (κ3) is 3.20. The van der Waals surface area contributed by atoms with E-state index in [1.54, 1.807) is 12.4 Å². The maximum atomic E-state index is 4.73. The predicted octanol–water partition coefficient (Wildman–Crippen LogP) is 4.11. The summed E-state index contributed by atoms with van der Waals surface area (Å²) in [5.74, 6) is 1.10. The monoisotopic (exact) mass is 406 g/mol. The Hall–Kier alpha value is -3.80. The number of hydrogen-bond donors (Lipinski definition) is 0. The highest BCUT2D eigenvalue weighted by molar-refractivity contribution is 5.78. The molecule has 1 fully saturated rings. The molecule has 152 valence electrons. The van der Waals surface area contributed by atoms with Crippen molar-refractivity contribution in [1.29, 1.82) is 0 Å². The van der Waals surface area contributed by atoms with Gasteiger partial charge in [-0.1, -0.05) is 30.3 Å². The number of hydrogen-bond acceptors (Lipinski definition) is 6. The summed E-state index contributed by atoms with van der Waals surface area (Å²) >= 11 is 0. The van der Waals surface area contributed by atoms with E-state index in [9.17, 15) is 0 Å². The molecule has 0 unspecified atom stereocenters. The van der Waals surface area contributed by atoms with Crippen molar-refractivity contribution in [2.75, 3.05) is 25.0 Å². The first kappa shape index (κ1) is 18.0. The third-order valence-electron chi connectivity index (χ3n) is 6.10. The Morgan fingerprint density at radius 1 is 0.968 bits per heavy atom. The molecular weight excluding hydrogens is 384 g/mol. The normalized spacial score (nSPS) is 15.8. The van der Waals surface area contributed by atoms with E-state index in [0.717, 1.165) is 53.4 Å². The molecule has 0 radical (unpaired) electrons. The molecule has 4 heterocycles. The average molecular weight is 406 g/mol. The number of nitrogens with zero attached hydrogens (tertiary/aromatic N) is 6. The first-order valence-electron chi connectivity index (χ1n) is 10.5. The Morgan fingerprint density at radius 2 is 1.84 bits per heavy atom. The lowest BCUT2D eigenvalue weighted by Gasteiger charge is -2.39. The lowest BCUT2D eigenvalue weighted by molar-refractivity contribution is 0.448. The van der Waals surface area contributed by atoms with Gasteiger partial charge in [0.25, 0.3) is 0 Å². The fourth-order valence-electron chi connectivity index (χ4n) is 4.37. The van der Waals surface area contributed by atoms with Crippen LogP contribution in [0.2, 0.25) is 0 Å². The van der Waals surface area contributed by atoms with E-state index in [2.05, 4.69) is 52.3 Å². The Morgan fingerprint density at radius 3 is 2.77 bits per heavy atom. The molecule has 2 aliphatic heterocycles. The van der Waals surface area contributed by atoms with Gasteiger partial charge in [-0.3, -0.25) is 9.97 Å². The second-order valence-electron chi connectivity index (χ2n) is 8.27. The van der Waals surface area contributed by atoms with Gasteiger partial charge in [0.05, 0.1) is 16.9 Å². The molecule has 0 saturated carbocycles. The van der Waals surface area contributed by atoms with Crippen molar-refractivity contribution in [3.63, 3.8) is 0 Å². The van der Waals surface area contributed by atoms with Crippen LogP contribution in [-0.2, 0) is 6.54 Å². The molecule has 2 aromatic carbocycles. The van der Waals surface area contributed by atoms with Crippen molar-refractivity contribution in [3.05, 3.63) is 84.1 Å². The van der Waals surface area contributed by atoms with Gasteiger partial charge >= 0.3 is 0 Å². The summed E-state index contributed by atoms with van der Waals surface area (Å²) in [6.07, 6.45) is 9.76. The Kier molecular flexibility index (Phi) is 4.16. The largest absolute Gasteiger partial charge is 0.376 e. The molecule has 0 amide bonds. The highest BCUT2D eigenvalue weighted by Gasteiger charge is 2.33. The van der Waals surface area contributed by atoms with Gasteiger partial charge in [-0.2, -0.15) is 0 Å². The molecule has 6 rings (SSSR count). The first-order chi connectivity index (χ1) is 15.2. The van der Waals surface area contributed by atoms with Crippen LogP contribution in [0.25, 0.3) is 28.2 Å². The van der Waals surface area contributed by atoms with Crippen molar-refractivity contribution in [1.82, 2.24) is 24.8 Å². The van der Waals surface area contributed by atoms with Gasteiger partial charge in [0, 0.05) is 62.1 Å². The summed E-state index contributed by atoms with van der Waals surface area (Å²) < 4.78 is 0. The number of rotatable bonds is 3. The summed E-state index contributed by atoms with van der Waals surface area (Å²) in [7, 11) is 2.09. The van der Waals surface area contributed by atoms with Crippen LogP contribution in [0, 0.1) is 0 Å². The van der Waals surface area contributed by atoms with E-state index in [1.807, 2.05) is 30.5 Å². The quantitative estimate of drug-likeness (QED) is 0.510. The molecule has 6 heteroatoms. The molecule has 1 saturated heterocycles. The minimum Gasteiger partial charge on any atom is -0.376 e. The van der Waals surface area contributed by atoms with Crippen LogP contribution in [-0.4, -0.2) is 45.0 Å². The van der Waals surface area contributed by atoms with E-state index >= 15 is 0 Å². The molecule has 0 spiro atoms. The van der Waals surface area contributed by atoms with E-state index < -0.39 is 0 Å². The van der Waals surface area contributed by atoms with Crippen LogP contribution in [0.4, 0.5) is 5.95 Å². The molecule has 0 bridgehead atoms. The lowest BCUT2D eigenvalue weighted by atomic mass is 9.91. The van der Waals surface area contributed by atoms with Crippen LogP contribution in [0.1, 0.15) is 22.7 Å². The highest BCUT2D eigenvalue weighted by atomic mass is 15.3. The predicted molar refractivity (Wildman–Crippen MR) is 122 cm³/mol. The van der Waals surface area contributed by atoms with Crippen LogP contribution in [0.5, 0.6) is 0 Å². The summed E-state index contributed by atoms with van der Waals surface area (Å²) in [5.41, 5.74) is 6.72. The van der Waals surface area contributed by atoms with E-state index in [1.165, 1.54) is 11.1 Å². The number of aromatic nitrogens is 4. The molecule has 6 nitrogen and oxygen atoms in total. The number of benzene rings is 2. The van der Waals surface area contributed by atoms with Crippen LogP contribution >= 0.6 is 0 Å². The minimum absolute atomic E-state index is 0.316. The fourth-order valence-corrected chi connectivity index (χ4v) is 4.37. The van der Waals surface area contributed by atoms with Gasteiger partial charge in [-0.15, -0.1) is 0 Å². The Labute approximate surface area is 180 Å². The zero-order chi connectivity index (χ0) is 20.8. The molecule has 2 aliphatic rings. The first-order valence-corrected chi connectivity index (χ1v) is 10.5. The summed E-state index contributed by atoms with van der Waals surface area (Å²) in [5, 5.41) is 1.06. The topological polar surface area (TPSA) is 58.0 Å². The van der Waals surface area contributed by atoms with Gasteiger partial charge in [-0.05, 0) is 35.5 Å². The second-order valence-corrected chi connectivity index (χ2v) is 8.27.